The highest BCUT2D eigenvalue weighted by molar-refractivity contribution is 6.62. The van der Waals surface area contributed by atoms with E-state index >= 15 is 0 Å². The summed E-state index contributed by atoms with van der Waals surface area (Å²) in [5, 5.41) is 12.7. The number of pyridine rings is 1. The first-order chi connectivity index (χ1) is 11.8. The molecular formula is C19H22BN3O2. The Labute approximate surface area is 149 Å². The van der Waals surface area contributed by atoms with E-state index in [1.165, 1.54) is 0 Å². The SMILES string of the molecule is CC1(C)OB(c2nc(NCc3ccccc3)ccc2C#N)OC1(C)C. The van der Waals surface area contributed by atoms with Crippen molar-refractivity contribution in [2.24, 2.45) is 0 Å². The van der Waals surface area contributed by atoms with Crippen molar-refractivity contribution in [1.82, 2.24) is 4.98 Å². The Hall–Kier alpha value is -2.36. The van der Waals surface area contributed by atoms with Crippen molar-refractivity contribution in [2.75, 3.05) is 5.32 Å². The molecule has 0 aliphatic carbocycles. The summed E-state index contributed by atoms with van der Waals surface area (Å²) >= 11 is 0. The van der Waals surface area contributed by atoms with Gasteiger partial charge in [0.25, 0.3) is 0 Å². The Morgan fingerprint density at radius 1 is 1.04 bits per heavy atom. The Morgan fingerprint density at radius 3 is 2.28 bits per heavy atom. The van der Waals surface area contributed by atoms with Crippen LogP contribution in [0.5, 0.6) is 0 Å². The van der Waals surface area contributed by atoms with Gasteiger partial charge in [0.15, 0.2) is 0 Å². The second-order valence-electron chi connectivity index (χ2n) is 7.17. The van der Waals surface area contributed by atoms with Crippen molar-refractivity contribution in [3.8, 4) is 6.07 Å². The number of nitrogens with one attached hydrogen (secondary N) is 1. The van der Waals surface area contributed by atoms with Crippen LogP contribution in [0.2, 0.25) is 0 Å². The molecule has 1 aliphatic rings. The number of nitrogens with zero attached hydrogens (tertiary/aromatic N) is 2. The third-order valence-corrected chi connectivity index (χ3v) is 4.84. The predicted octanol–water partition coefficient (Wildman–Crippen LogP) is 2.86. The number of hydrogen-bond donors (Lipinski definition) is 1. The lowest BCUT2D eigenvalue weighted by molar-refractivity contribution is 0.00578. The van der Waals surface area contributed by atoms with Crippen LogP contribution < -0.4 is 10.9 Å². The zero-order valence-electron chi connectivity index (χ0n) is 15.0. The van der Waals surface area contributed by atoms with Crippen molar-refractivity contribution in [3.63, 3.8) is 0 Å². The molecule has 128 valence electrons. The average Bonchev–Trinajstić information content (AvgIpc) is 2.81. The molecule has 6 heteroatoms. The maximum absolute atomic E-state index is 9.42. The molecule has 0 amide bonds. The molecule has 1 saturated heterocycles. The lowest BCUT2D eigenvalue weighted by Crippen LogP contribution is -2.41. The molecular weight excluding hydrogens is 313 g/mol. The van der Waals surface area contributed by atoms with Crippen molar-refractivity contribution < 1.29 is 9.31 Å². The van der Waals surface area contributed by atoms with Crippen LogP contribution in [0.4, 0.5) is 5.82 Å². The van der Waals surface area contributed by atoms with E-state index in [1.807, 2.05) is 58.0 Å². The topological polar surface area (TPSA) is 67.2 Å². The monoisotopic (exact) mass is 335 g/mol. The van der Waals surface area contributed by atoms with Gasteiger partial charge >= 0.3 is 7.12 Å². The summed E-state index contributed by atoms with van der Waals surface area (Å²) < 4.78 is 12.1. The van der Waals surface area contributed by atoms with Gasteiger partial charge in [-0.2, -0.15) is 5.26 Å². The molecule has 0 bridgehead atoms. The fourth-order valence-corrected chi connectivity index (χ4v) is 2.59. The first kappa shape index (κ1) is 17.5. The third-order valence-electron chi connectivity index (χ3n) is 4.84. The number of rotatable bonds is 4. The molecule has 0 atom stereocenters. The molecule has 1 aliphatic heterocycles. The van der Waals surface area contributed by atoms with Crippen LogP contribution >= 0.6 is 0 Å². The van der Waals surface area contributed by atoms with Gasteiger partial charge in [0.05, 0.1) is 22.4 Å². The number of aromatic nitrogens is 1. The first-order valence-electron chi connectivity index (χ1n) is 8.37. The van der Waals surface area contributed by atoms with E-state index in [2.05, 4.69) is 16.4 Å². The summed E-state index contributed by atoms with van der Waals surface area (Å²) in [6.45, 7) is 8.59. The highest BCUT2D eigenvalue weighted by atomic mass is 16.7. The molecule has 5 nitrogen and oxygen atoms in total. The number of nitriles is 1. The fraction of sp³-hybridized carbons (Fsp3) is 0.368. The van der Waals surface area contributed by atoms with Gasteiger partial charge < -0.3 is 14.6 Å². The summed E-state index contributed by atoms with van der Waals surface area (Å²) in [5.74, 6) is 0.688. The van der Waals surface area contributed by atoms with Crippen LogP contribution in [0.1, 0.15) is 38.8 Å². The zero-order valence-corrected chi connectivity index (χ0v) is 15.0. The molecule has 2 aromatic rings. The van der Waals surface area contributed by atoms with E-state index in [4.69, 9.17) is 9.31 Å². The standard InChI is InChI=1S/C19H22BN3O2/c1-18(2)19(3,4)25-20(24-18)17-15(12-21)10-11-16(23-17)22-13-14-8-6-5-7-9-14/h5-11H,13H2,1-4H3,(H,22,23). The molecule has 0 spiro atoms. The quantitative estimate of drug-likeness (QED) is 0.871. The fourth-order valence-electron chi connectivity index (χ4n) is 2.59. The Kier molecular flexibility index (Phi) is 4.55. The molecule has 2 heterocycles. The van der Waals surface area contributed by atoms with Gasteiger partial charge in [-0.3, -0.25) is 0 Å². The Morgan fingerprint density at radius 2 is 1.68 bits per heavy atom. The molecule has 0 unspecified atom stereocenters. The minimum Gasteiger partial charge on any atom is -0.398 e. The number of benzene rings is 1. The second kappa shape index (κ2) is 6.51. The lowest BCUT2D eigenvalue weighted by atomic mass is 9.81. The van der Waals surface area contributed by atoms with Crippen LogP contribution in [0.15, 0.2) is 42.5 Å². The van der Waals surface area contributed by atoms with Gasteiger partial charge in [-0.25, -0.2) is 4.98 Å². The summed E-state index contributed by atoms with van der Waals surface area (Å²) in [6.07, 6.45) is 0. The summed E-state index contributed by atoms with van der Waals surface area (Å²) in [4.78, 5) is 4.59. The van der Waals surface area contributed by atoms with Crippen molar-refractivity contribution in [1.29, 1.82) is 5.26 Å². The van der Waals surface area contributed by atoms with E-state index in [0.29, 0.717) is 23.5 Å². The van der Waals surface area contributed by atoms with Crippen molar-refractivity contribution >= 4 is 18.5 Å². The van der Waals surface area contributed by atoms with E-state index in [0.717, 1.165) is 5.56 Å². The van der Waals surface area contributed by atoms with Gasteiger partial charge in [-0.05, 0) is 45.4 Å². The van der Waals surface area contributed by atoms with Gasteiger partial charge in [-0.15, -0.1) is 0 Å². The highest BCUT2D eigenvalue weighted by Gasteiger charge is 2.53. The molecule has 25 heavy (non-hydrogen) atoms. The van der Waals surface area contributed by atoms with E-state index < -0.39 is 18.3 Å². The average molecular weight is 335 g/mol. The van der Waals surface area contributed by atoms with Crippen LogP contribution in [-0.4, -0.2) is 23.3 Å². The second-order valence-corrected chi connectivity index (χ2v) is 7.17. The molecule has 3 rings (SSSR count). The van der Waals surface area contributed by atoms with Gasteiger partial charge in [-0.1, -0.05) is 30.3 Å². The highest BCUT2D eigenvalue weighted by Crippen LogP contribution is 2.36. The predicted molar refractivity (Wildman–Crippen MR) is 98.4 cm³/mol. The van der Waals surface area contributed by atoms with E-state index in [1.54, 1.807) is 12.1 Å². The molecule has 0 radical (unpaired) electrons. The van der Waals surface area contributed by atoms with E-state index in [-0.39, 0.29) is 0 Å². The smallest absolute Gasteiger partial charge is 0.398 e. The van der Waals surface area contributed by atoms with Crippen LogP contribution in [-0.2, 0) is 15.9 Å². The summed E-state index contributed by atoms with van der Waals surface area (Å²) in [5.41, 5.74) is 1.19. The van der Waals surface area contributed by atoms with Crippen molar-refractivity contribution in [2.45, 2.75) is 45.4 Å². The lowest BCUT2D eigenvalue weighted by Gasteiger charge is -2.32. The normalized spacial score (nSPS) is 18.0. The maximum atomic E-state index is 9.42. The first-order valence-corrected chi connectivity index (χ1v) is 8.37. The Balaban J connectivity index is 1.83. The Bertz CT molecular complexity index is 784. The van der Waals surface area contributed by atoms with Crippen LogP contribution in [0.3, 0.4) is 0 Å². The third kappa shape index (κ3) is 3.53. The zero-order chi connectivity index (χ0) is 18.1. The van der Waals surface area contributed by atoms with E-state index in [9.17, 15) is 5.26 Å². The van der Waals surface area contributed by atoms with Crippen LogP contribution in [0, 0.1) is 11.3 Å². The number of anilines is 1. The molecule has 0 saturated carbocycles. The van der Waals surface area contributed by atoms with Crippen molar-refractivity contribution in [3.05, 3.63) is 53.6 Å². The minimum atomic E-state index is -0.655. The largest absolute Gasteiger partial charge is 0.516 e. The van der Waals surface area contributed by atoms with Gasteiger partial charge in [0.2, 0.25) is 0 Å². The van der Waals surface area contributed by atoms with Gasteiger partial charge in [0.1, 0.15) is 11.9 Å². The molecule has 1 N–H and O–H groups in total. The summed E-state index contributed by atoms with van der Waals surface area (Å²) in [7, 11) is -0.655. The summed E-state index contributed by atoms with van der Waals surface area (Å²) in [6, 6.07) is 15.8. The van der Waals surface area contributed by atoms with Gasteiger partial charge in [0, 0.05) is 6.54 Å². The molecule has 1 fully saturated rings. The molecule has 1 aromatic heterocycles. The maximum Gasteiger partial charge on any atom is 0.516 e. The van der Waals surface area contributed by atoms with Crippen LogP contribution in [0.25, 0.3) is 0 Å². The number of hydrogen-bond acceptors (Lipinski definition) is 5. The molecule has 1 aromatic carbocycles. The minimum absolute atomic E-state index is 0.462.